The van der Waals surface area contributed by atoms with Gasteiger partial charge in [0.2, 0.25) is 0 Å². The lowest BCUT2D eigenvalue weighted by Gasteiger charge is -2.18. The van der Waals surface area contributed by atoms with Crippen LogP contribution in [0, 0.1) is 11.8 Å². The molecule has 74 valence electrons. The summed E-state index contributed by atoms with van der Waals surface area (Å²) in [5.74, 6) is 2.44. The summed E-state index contributed by atoms with van der Waals surface area (Å²) in [7, 11) is 0. The van der Waals surface area contributed by atoms with Gasteiger partial charge in [-0.1, -0.05) is 0 Å². The minimum Gasteiger partial charge on any atom is -0.374 e. The molecule has 3 heterocycles. The van der Waals surface area contributed by atoms with E-state index in [9.17, 15) is 0 Å². The van der Waals surface area contributed by atoms with Gasteiger partial charge in [-0.3, -0.25) is 0 Å². The molecule has 0 radical (unpaired) electrons. The normalized spacial score (nSPS) is 48.7. The van der Waals surface area contributed by atoms with E-state index in [1.807, 2.05) is 0 Å². The molecule has 0 saturated carbocycles. The molecule has 3 aliphatic heterocycles. The van der Waals surface area contributed by atoms with Crippen LogP contribution in [0.25, 0.3) is 0 Å². The molecule has 0 N–H and O–H groups in total. The van der Waals surface area contributed by atoms with Crippen LogP contribution in [0.1, 0.15) is 12.8 Å². The van der Waals surface area contributed by atoms with Crippen molar-refractivity contribution in [3.63, 3.8) is 0 Å². The monoisotopic (exact) mass is 201 g/mol. The summed E-state index contributed by atoms with van der Waals surface area (Å²) < 4.78 is 5.91. The molecular formula is C10H16ClNO. The average molecular weight is 202 g/mol. The van der Waals surface area contributed by atoms with Crippen LogP contribution >= 0.6 is 11.6 Å². The molecule has 3 fully saturated rings. The van der Waals surface area contributed by atoms with Gasteiger partial charge in [-0.15, -0.1) is 11.6 Å². The van der Waals surface area contributed by atoms with Gasteiger partial charge in [-0.2, -0.15) is 0 Å². The maximum Gasteiger partial charge on any atom is 0.0624 e. The van der Waals surface area contributed by atoms with Gasteiger partial charge in [0, 0.05) is 37.4 Å². The lowest BCUT2D eigenvalue weighted by atomic mass is 9.82. The van der Waals surface area contributed by atoms with Crippen molar-refractivity contribution in [2.24, 2.45) is 11.8 Å². The van der Waals surface area contributed by atoms with Crippen molar-refractivity contribution in [3.8, 4) is 0 Å². The Hall–Kier alpha value is 0.210. The van der Waals surface area contributed by atoms with Gasteiger partial charge in [0.25, 0.3) is 0 Å². The number of hydrogen-bond acceptors (Lipinski definition) is 2. The molecule has 3 aliphatic rings. The van der Waals surface area contributed by atoms with Crippen LogP contribution in [0.4, 0.5) is 0 Å². The van der Waals surface area contributed by atoms with Crippen LogP contribution in [0.15, 0.2) is 0 Å². The molecule has 3 heteroatoms. The molecule has 3 rings (SSSR count). The molecular weight excluding hydrogens is 186 g/mol. The minimum absolute atomic E-state index is 0.593. The lowest BCUT2D eigenvalue weighted by molar-refractivity contribution is 0.0714. The van der Waals surface area contributed by atoms with Crippen LogP contribution in [-0.2, 0) is 4.74 Å². The van der Waals surface area contributed by atoms with Gasteiger partial charge in [0.1, 0.15) is 0 Å². The number of ether oxygens (including phenoxy) is 1. The first-order chi connectivity index (χ1) is 6.38. The minimum atomic E-state index is 0.593. The zero-order valence-electron chi connectivity index (χ0n) is 7.79. The quantitative estimate of drug-likeness (QED) is 0.626. The van der Waals surface area contributed by atoms with Crippen molar-refractivity contribution in [3.05, 3.63) is 0 Å². The first kappa shape index (κ1) is 8.51. The molecule has 0 amide bonds. The summed E-state index contributed by atoms with van der Waals surface area (Å²) in [6.45, 7) is 3.53. The van der Waals surface area contributed by atoms with Crippen molar-refractivity contribution >= 4 is 11.6 Å². The van der Waals surface area contributed by atoms with E-state index in [0.29, 0.717) is 12.2 Å². The zero-order valence-corrected chi connectivity index (χ0v) is 8.54. The third-order valence-electron chi connectivity index (χ3n) is 3.93. The Morgan fingerprint density at radius 2 is 1.77 bits per heavy atom. The van der Waals surface area contributed by atoms with Crippen molar-refractivity contribution in [1.82, 2.24) is 4.90 Å². The highest BCUT2D eigenvalue weighted by Gasteiger charge is 2.52. The van der Waals surface area contributed by atoms with E-state index in [4.69, 9.17) is 16.3 Å². The van der Waals surface area contributed by atoms with Crippen LogP contribution in [-0.4, -0.2) is 42.6 Å². The van der Waals surface area contributed by atoms with Crippen molar-refractivity contribution in [2.45, 2.75) is 25.0 Å². The van der Waals surface area contributed by atoms with E-state index in [1.165, 1.54) is 25.9 Å². The fourth-order valence-corrected chi connectivity index (χ4v) is 3.59. The molecule has 3 saturated heterocycles. The van der Waals surface area contributed by atoms with Gasteiger partial charge >= 0.3 is 0 Å². The molecule has 2 bridgehead atoms. The Morgan fingerprint density at radius 1 is 1.15 bits per heavy atom. The smallest absolute Gasteiger partial charge is 0.0624 e. The van der Waals surface area contributed by atoms with Gasteiger partial charge in [0.05, 0.1) is 12.2 Å². The predicted molar refractivity (Wildman–Crippen MR) is 52.0 cm³/mol. The Morgan fingerprint density at radius 3 is 2.31 bits per heavy atom. The van der Waals surface area contributed by atoms with Gasteiger partial charge < -0.3 is 9.64 Å². The van der Waals surface area contributed by atoms with Gasteiger partial charge in [0.15, 0.2) is 0 Å². The number of fused-ring (bicyclic) bond motifs is 5. The Bertz CT molecular complexity index is 193. The molecule has 0 aromatic rings. The van der Waals surface area contributed by atoms with Crippen molar-refractivity contribution < 1.29 is 4.74 Å². The predicted octanol–water partition coefficient (Wildman–Crippen LogP) is 1.33. The summed E-state index contributed by atoms with van der Waals surface area (Å²) >= 11 is 5.75. The van der Waals surface area contributed by atoms with Crippen LogP contribution in [0.3, 0.4) is 0 Å². The molecule has 13 heavy (non-hydrogen) atoms. The van der Waals surface area contributed by atoms with E-state index in [1.54, 1.807) is 0 Å². The molecule has 2 nitrogen and oxygen atoms in total. The summed E-state index contributed by atoms with van der Waals surface area (Å²) in [6, 6.07) is 0. The Balaban J connectivity index is 1.69. The fraction of sp³-hybridized carbons (Fsp3) is 1.00. The maximum absolute atomic E-state index is 5.91. The summed E-state index contributed by atoms with van der Waals surface area (Å²) in [5, 5.41) is 0. The van der Waals surface area contributed by atoms with Crippen molar-refractivity contribution in [2.75, 3.05) is 25.5 Å². The second-order valence-corrected chi connectivity index (χ2v) is 4.94. The first-order valence-corrected chi connectivity index (χ1v) is 5.85. The van der Waals surface area contributed by atoms with E-state index < -0.39 is 0 Å². The highest BCUT2D eigenvalue weighted by Crippen LogP contribution is 2.46. The summed E-state index contributed by atoms with van der Waals surface area (Å²) in [4.78, 5) is 2.51. The second kappa shape index (κ2) is 3.11. The number of hydrogen-bond donors (Lipinski definition) is 0. The van der Waals surface area contributed by atoms with Crippen LogP contribution in [0.5, 0.6) is 0 Å². The molecule has 0 aromatic carbocycles. The standard InChI is InChI=1S/C10H16ClNO/c11-3-4-12-5-7-8(6-12)10-2-1-9(7)13-10/h7-10H,1-6H2/t7-,8+,9+,10-. The molecule has 0 aromatic heterocycles. The molecule has 0 aliphatic carbocycles. The number of halogens is 1. The number of rotatable bonds is 2. The number of likely N-dealkylation sites (tertiary alicyclic amines) is 1. The highest BCUT2D eigenvalue weighted by atomic mass is 35.5. The van der Waals surface area contributed by atoms with Crippen molar-refractivity contribution in [1.29, 1.82) is 0 Å². The zero-order chi connectivity index (χ0) is 8.84. The third-order valence-corrected chi connectivity index (χ3v) is 4.10. The van der Waals surface area contributed by atoms with Gasteiger partial charge in [-0.25, -0.2) is 0 Å². The maximum atomic E-state index is 5.91. The second-order valence-electron chi connectivity index (χ2n) is 4.57. The largest absolute Gasteiger partial charge is 0.374 e. The first-order valence-electron chi connectivity index (χ1n) is 5.32. The lowest BCUT2D eigenvalue weighted by Crippen LogP contribution is -2.26. The SMILES string of the molecule is ClCCN1C[C@@H]2[C@H](C1)[C@H]1CC[C@@H]2O1. The van der Waals surface area contributed by atoms with E-state index in [-0.39, 0.29) is 0 Å². The highest BCUT2D eigenvalue weighted by molar-refractivity contribution is 6.18. The summed E-state index contributed by atoms with van der Waals surface area (Å²) in [5.41, 5.74) is 0. The Labute approximate surface area is 84.2 Å². The summed E-state index contributed by atoms with van der Waals surface area (Å²) in [6.07, 6.45) is 3.80. The fourth-order valence-electron chi connectivity index (χ4n) is 3.35. The van der Waals surface area contributed by atoms with Crippen LogP contribution < -0.4 is 0 Å². The van der Waals surface area contributed by atoms with E-state index in [2.05, 4.69) is 4.90 Å². The van der Waals surface area contributed by atoms with E-state index in [0.717, 1.165) is 24.3 Å². The Kier molecular flexibility index (Phi) is 2.04. The number of alkyl halides is 1. The van der Waals surface area contributed by atoms with E-state index >= 15 is 0 Å². The molecule has 0 spiro atoms. The van der Waals surface area contributed by atoms with Gasteiger partial charge in [-0.05, 0) is 12.8 Å². The molecule has 0 unspecified atom stereocenters. The third kappa shape index (κ3) is 1.23. The topological polar surface area (TPSA) is 12.5 Å². The average Bonchev–Trinajstić information content (AvgIpc) is 2.72. The van der Waals surface area contributed by atoms with Crippen LogP contribution in [0.2, 0.25) is 0 Å². The molecule has 4 atom stereocenters. The number of nitrogens with zero attached hydrogens (tertiary/aromatic N) is 1.